The molecular weight excluding hydrogens is 259 g/mol. The van der Waals surface area contributed by atoms with E-state index in [9.17, 15) is 4.39 Å². The molecule has 0 saturated carbocycles. The fourth-order valence-corrected chi connectivity index (χ4v) is 1.82. The topological polar surface area (TPSA) is 35.8 Å². The number of nitriles is 1. The van der Waals surface area contributed by atoms with E-state index in [1.165, 1.54) is 6.07 Å². The van der Waals surface area contributed by atoms with E-state index < -0.39 is 0 Å². The summed E-state index contributed by atoms with van der Waals surface area (Å²) in [5.74, 6) is -0.240. The first-order valence-corrected chi connectivity index (χ1v) is 5.47. The third-order valence-corrected chi connectivity index (χ3v) is 2.72. The summed E-state index contributed by atoms with van der Waals surface area (Å²) in [7, 11) is 1.77. The van der Waals surface area contributed by atoms with Crippen molar-refractivity contribution in [1.29, 1.82) is 5.26 Å². The lowest BCUT2D eigenvalue weighted by Gasteiger charge is -2.16. The molecule has 1 rings (SSSR count). The van der Waals surface area contributed by atoms with Crippen molar-refractivity contribution in [3.05, 3.63) is 34.1 Å². The zero-order valence-electron chi connectivity index (χ0n) is 8.43. The number of nitrogens with zero attached hydrogens (tertiary/aromatic N) is 1. The van der Waals surface area contributed by atoms with E-state index in [0.717, 1.165) is 4.47 Å². The van der Waals surface area contributed by atoms with Crippen LogP contribution in [0, 0.1) is 17.1 Å². The normalized spacial score (nSPS) is 12.1. The van der Waals surface area contributed by atoms with Crippen molar-refractivity contribution >= 4 is 15.9 Å². The van der Waals surface area contributed by atoms with Crippen LogP contribution in [0.1, 0.15) is 24.4 Å². The Bertz CT molecular complexity index is 373. The summed E-state index contributed by atoms with van der Waals surface area (Å²) in [5, 5.41) is 11.5. The zero-order valence-corrected chi connectivity index (χ0v) is 10.0. The van der Waals surface area contributed by atoms with Crippen LogP contribution in [0.25, 0.3) is 0 Å². The third-order valence-electron chi connectivity index (χ3n) is 2.23. The van der Waals surface area contributed by atoms with E-state index in [4.69, 9.17) is 5.26 Å². The van der Waals surface area contributed by atoms with Gasteiger partial charge in [0.05, 0.1) is 6.07 Å². The van der Waals surface area contributed by atoms with Crippen LogP contribution in [0.3, 0.4) is 0 Å². The van der Waals surface area contributed by atoms with Crippen LogP contribution in [-0.4, -0.2) is 7.05 Å². The van der Waals surface area contributed by atoms with E-state index in [1.54, 1.807) is 19.2 Å². The first kappa shape index (κ1) is 12.2. The summed E-state index contributed by atoms with van der Waals surface area (Å²) >= 11 is 3.30. The maximum atomic E-state index is 13.5. The van der Waals surface area contributed by atoms with Gasteiger partial charge in [-0.3, -0.25) is 0 Å². The highest BCUT2D eigenvalue weighted by Crippen LogP contribution is 2.24. The van der Waals surface area contributed by atoms with Crippen molar-refractivity contribution in [2.45, 2.75) is 18.9 Å². The van der Waals surface area contributed by atoms with Crippen molar-refractivity contribution in [3.63, 3.8) is 0 Å². The predicted octanol–water partition coefficient (Wildman–Crippen LogP) is 3.15. The van der Waals surface area contributed by atoms with E-state index in [0.29, 0.717) is 18.4 Å². The van der Waals surface area contributed by atoms with Gasteiger partial charge in [0, 0.05) is 22.5 Å². The van der Waals surface area contributed by atoms with Crippen molar-refractivity contribution in [1.82, 2.24) is 5.32 Å². The molecule has 15 heavy (non-hydrogen) atoms. The summed E-state index contributed by atoms with van der Waals surface area (Å²) < 4.78 is 14.3. The predicted molar refractivity (Wildman–Crippen MR) is 60.7 cm³/mol. The van der Waals surface area contributed by atoms with Crippen LogP contribution in [-0.2, 0) is 0 Å². The van der Waals surface area contributed by atoms with Gasteiger partial charge in [0.15, 0.2) is 0 Å². The Morgan fingerprint density at radius 2 is 2.33 bits per heavy atom. The molecule has 1 N–H and O–H groups in total. The molecule has 0 aliphatic heterocycles. The Labute approximate surface area is 97.2 Å². The second-order valence-electron chi connectivity index (χ2n) is 3.20. The van der Waals surface area contributed by atoms with Crippen LogP contribution in [0.5, 0.6) is 0 Å². The molecule has 0 aromatic heterocycles. The molecule has 1 unspecified atom stereocenters. The van der Waals surface area contributed by atoms with Gasteiger partial charge in [0.1, 0.15) is 5.82 Å². The van der Waals surface area contributed by atoms with Gasteiger partial charge in [-0.1, -0.05) is 15.9 Å². The first-order chi connectivity index (χ1) is 7.19. The van der Waals surface area contributed by atoms with Gasteiger partial charge >= 0.3 is 0 Å². The fourth-order valence-electron chi connectivity index (χ4n) is 1.45. The molecule has 0 fully saturated rings. The number of hydrogen-bond acceptors (Lipinski definition) is 2. The molecule has 1 aromatic rings. The maximum Gasteiger partial charge on any atom is 0.128 e. The summed E-state index contributed by atoms with van der Waals surface area (Å²) in [5.41, 5.74) is 0.599. The minimum atomic E-state index is -0.240. The fraction of sp³-hybridized carbons (Fsp3) is 0.364. The van der Waals surface area contributed by atoms with Crippen LogP contribution in [0.2, 0.25) is 0 Å². The zero-order chi connectivity index (χ0) is 11.3. The summed E-state index contributed by atoms with van der Waals surface area (Å²) in [6.45, 7) is 0. The highest BCUT2D eigenvalue weighted by atomic mass is 79.9. The average molecular weight is 271 g/mol. The van der Waals surface area contributed by atoms with Crippen molar-refractivity contribution < 1.29 is 4.39 Å². The van der Waals surface area contributed by atoms with Crippen LogP contribution >= 0.6 is 15.9 Å². The largest absolute Gasteiger partial charge is 0.313 e. The summed E-state index contributed by atoms with van der Waals surface area (Å²) in [6.07, 6.45) is 1.03. The summed E-state index contributed by atoms with van der Waals surface area (Å²) in [6, 6.07) is 6.79. The number of benzene rings is 1. The van der Waals surface area contributed by atoms with E-state index in [1.807, 2.05) is 0 Å². The van der Waals surface area contributed by atoms with Gasteiger partial charge in [-0.2, -0.15) is 5.26 Å². The standard InChI is InChI=1S/C11H12BrFN2/c1-15-11(3-2-6-14)9-7-8(12)4-5-10(9)13/h4-5,7,11,15H,2-3H2,1H3. The Hall–Kier alpha value is -0.920. The van der Waals surface area contributed by atoms with E-state index in [2.05, 4.69) is 27.3 Å². The quantitative estimate of drug-likeness (QED) is 0.913. The second kappa shape index (κ2) is 5.84. The van der Waals surface area contributed by atoms with Gasteiger partial charge in [-0.15, -0.1) is 0 Å². The van der Waals surface area contributed by atoms with Crippen LogP contribution in [0.4, 0.5) is 4.39 Å². The molecule has 0 aliphatic rings. The lowest BCUT2D eigenvalue weighted by molar-refractivity contribution is 0.513. The van der Waals surface area contributed by atoms with E-state index >= 15 is 0 Å². The van der Waals surface area contributed by atoms with Crippen molar-refractivity contribution in [2.75, 3.05) is 7.05 Å². The van der Waals surface area contributed by atoms with Gasteiger partial charge in [0.2, 0.25) is 0 Å². The minimum Gasteiger partial charge on any atom is -0.313 e. The molecule has 1 atom stereocenters. The molecule has 0 radical (unpaired) electrons. The lowest BCUT2D eigenvalue weighted by atomic mass is 10.0. The number of hydrogen-bond donors (Lipinski definition) is 1. The van der Waals surface area contributed by atoms with Gasteiger partial charge < -0.3 is 5.32 Å². The number of halogens is 2. The molecule has 80 valence electrons. The van der Waals surface area contributed by atoms with Crippen LogP contribution < -0.4 is 5.32 Å². The molecule has 0 aliphatic carbocycles. The molecule has 0 spiro atoms. The highest BCUT2D eigenvalue weighted by Gasteiger charge is 2.13. The molecule has 0 saturated heterocycles. The Kier molecular flexibility index (Phi) is 4.73. The maximum absolute atomic E-state index is 13.5. The minimum absolute atomic E-state index is 0.109. The Morgan fingerprint density at radius 3 is 2.93 bits per heavy atom. The Morgan fingerprint density at radius 1 is 1.60 bits per heavy atom. The average Bonchev–Trinajstić information content (AvgIpc) is 2.24. The van der Waals surface area contributed by atoms with Gasteiger partial charge in [-0.05, 0) is 31.7 Å². The van der Waals surface area contributed by atoms with Crippen LogP contribution in [0.15, 0.2) is 22.7 Å². The first-order valence-electron chi connectivity index (χ1n) is 4.68. The van der Waals surface area contributed by atoms with Crippen molar-refractivity contribution in [2.24, 2.45) is 0 Å². The van der Waals surface area contributed by atoms with Gasteiger partial charge in [0.25, 0.3) is 0 Å². The summed E-state index contributed by atoms with van der Waals surface area (Å²) in [4.78, 5) is 0. The Balaban J connectivity index is 2.91. The number of rotatable bonds is 4. The highest BCUT2D eigenvalue weighted by molar-refractivity contribution is 9.10. The molecule has 0 bridgehead atoms. The molecule has 4 heteroatoms. The SMILES string of the molecule is CNC(CCC#N)c1cc(Br)ccc1F. The smallest absolute Gasteiger partial charge is 0.128 e. The lowest BCUT2D eigenvalue weighted by Crippen LogP contribution is -2.17. The molecule has 0 heterocycles. The molecule has 2 nitrogen and oxygen atoms in total. The number of nitrogens with one attached hydrogen (secondary N) is 1. The molecule has 1 aromatic carbocycles. The molecule has 0 amide bonds. The second-order valence-corrected chi connectivity index (χ2v) is 4.12. The monoisotopic (exact) mass is 270 g/mol. The third kappa shape index (κ3) is 3.29. The molecular formula is C11H12BrFN2. The van der Waals surface area contributed by atoms with Crippen molar-refractivity contribution in [3.8, 4) is 6.07 Å². The van der Waals surface area contributed by atoms with E-state index in [-0.39, 0.29) is 11.9 Å². The van der Waals surface area contributed by atoms with Gasteiger partial charge in [-0.25, -0.2) is 4.39 Å².